The number of carbonyl (C=O) groups is 1. The van der Waals surface area contributed by atoms with E-state index in [-0.39, 0.29) is 12.5 Å². The van der Waals surface area contributed by atoms with Gasteiger partial charge in [-0.25, -0.2) is 8.42 Å². The average molecular weight is 459 g/mol. The minimum Gasteiger partial charge on any atom is -0.380 e. The van der Waals surface area contributed by atoms with Crippen molar-refractivity contribution in [2.24, 2.45) is 0 Å². The number of ether oxygens (including phenoxy) is 1. The SMILES string of the molecule is COCc1cccc(NC(=O)c2ccc(N(Cc3ccc(Cl)cc3)S(C)(=O)=O)cc2)c1. The molecule has 0 aliphatic heterocycles. The van der Waals surface area contributed by atoms with Gasteiger partial charge < -0.3 is 10.1 Å². The van der Waals surface area contributed by atoms with Crippen LogP contribution in [0.1, 0.15) is 21.5 Å². The van der Waals surface area contributed by atoms with Gasteiger partial charge in [-0.15, -0.1) is 0 Å². The van der Waals surface area contributed by atoms with Crippen LogP contribution in [0.4, 0.5) is 11.4 Å². The van der Waals surface area contributed by atoms with E-state index in [0.717, 1.165) is 17.4 Å². The van der Waals surface area contributed by atoms with E-state index in [1.807, 2.05) is 18.2 Å². The molecule has 1 amide bonds. The number of hydrogen-bond acceptors (Lipinski definition) is 4. The first-order valence-corrected chi connectivity index (χ1v) is 11.7. The minimum absolute atomic E-state index is 0.161. The molecule has 0 saturated carbocycles. The molecule has 3 rings (SSSR count). The topological polar surface area (TPSA) is 75.7 Å². The van der Waals surface area contributed by atoms with Crippen molar-refractivity contribution in [3.05, 3.63) is 94.5 Å². The van der Waals surface area contributed by atoms with Crippen molar-refractivity contribution in [1.82, 2.24) is 0 Å². The number of benzene rings is 3. The monoisotopic (exact) mass is 458 g/mol. The van der Waals surface area contributed by atoms with Gasteiger partial charge in [0.15, 0.2) is 0 Å². The molecule has 0 radical (unpaired) electrons. The lowest BCUT2D eigenvalue weighted by Crippen LogP contribution is -2.29. The highest BCUT2D eigenvalue weighted by molar-refractivity contribution is 7.92. The molecule has 0 atom stereocenters. The summed E-state index contributed by atoms with van der Waals surface area (Å²) in [6.45, 7) is 0.612. The van der Waals surface area contributed by atoms with Gasteiger partial charge in [-0.1, -0.05) is 35.9 Å². The third kappa shape index (κ3) is 6.30. The van der Waals surface area contributed by atoms with Crippen molar-refractivity contribution in [3.8, 4) is 0 Å². The number of amides is 1. The molecule has 3 aromatic carbocycles. The van der Waals surface area contributed by atoms with E-state index in [0.29, 0.717) is 28.6 Å². The predicted molar refractivity (Wildman–Crippen MR) is 124 cm³/mol. The number of rotatable bonds is 8. The molecule has 3 aromatic rings. The molecule has 0 heterocycles. The summed E-state index contributed by atoms with van der Waals surface area (Å²) in [5.74, 6) is -0.287. The zero-order chi connectivity index (χ0) is 22.4. The highest BCUT2D eigenvalue weighted by Gasteiger charge is 2.18. The molecule has 1 N–H and O–H groups in total. The molecule has 0 bridgehead atoms. The Hall–Kier alpha value is -2.87. The maximum absolute atomic E-state index is 12.6. The van der Waals surface area contributed by atoms with E-state index in [9.17, 15) is 13.2 Å². The number of halogens is 1. The average Bonchev–Trinajstić information content (AvgIpc) is 2.73. The van der Waals surface area contributed by atoms with Gasteiger partial charge in [-0.3, -0.25) is 9.10 Å². The molecule has 0 aromatic heterocycles. The third-order valence-electron chi connectivity index (χ3n) is 4.55. The van der Waals surface area contributed by atoms with Crippen molar-refractivity contribution in [2.45, 2.75) is 13.2 Å². The lowest BCUT2D eigenvalue weighted by atomic mass is 10.1. The number of methoxy groups -OCH3 is 1. The van der Waals surface area contributed by atoms with Crippen molar-refractivity contribution < 1.29 is 17.9 Å². The zero-order valence-electron chi connectivity index (χ0n) is 17.2. The Balaban J connectivity index is 1.77. The molecule has 162 valence electrons. The van der Waals surface area contributed by atoms with E-state index in [4.69, 9.17) is 16.3 Å². The second-order valence-electron chi connectivity index (χ2n) is 7.03. The summed E-state index contributed by atoms with van der Waals surface area (Å²) in [5, 5.41) is 3.42. The van der Waals surface area contributed by atoms with E-state index in [1.165, 1.54) is 4.31 Å². The molecular weight excluding hydrogens is 436 g/mol. The van der Waals surface area contributed by atoms with Crippen LogP contribution in [0, 0.1) is 0 Å². The third-order valence-corrected chi connectivity index (χ3v) is 5.95. The fraction of sp³-hybridized carbons (Fsp3) is 0.174. The number of nitrogens with one attached hydrogen (secondary N) is 1. The van der Waals surface area contributed by atoms with E-state index in [2.05, 4.69) is 5.32 Å². The van der Waals surface area contributed by atoms with Crippen LogP contribution in [0.15, 0.2) is 72.8 Å². The Morgan fingerprint density at radius 1 is 1.00 bits per heavy atom. The van der Waals surface area contributed by atoms with Crippen molar-refractivity contribution in [2.75, 3.05) is 23.0 Å². The smallest absolute Gasteiger partial charge is 0.255 e. The maximum atomic E-state index is 12.6. The Bertz CT molecular complexity index is 1150. The van der Waals surface area contributed by atoms with Gasteiger partial charge in [0.2, 0.25) is 10.0 Å². The van der Waals surface area contributed by atoms with Gasteiger partial charge >= 0.3 is 0 Å². The second kappa shape index (κ2) is 9.96. The number of hydrogen-bond donors (Lipinski definition) is 1. The molecule has 0 spiro atoms. The largest absolute Gasteiger partial charge is 0.380 e. The maximum Gasteiger partial charge on any atom is 0.255 e. The summed E-state index contributed by atoms with van der Waals surface area (Å²) >= 11 is 5.91. The summed E-state index contributed by atoms with van der Waals surface area (Å²) in [6.07, 6.45) is 1.15. The summed E-state index contributed by atoms with van der Waals surface area (Å²) in [5.41, 5.74) is 3.29. The molecular formula is C23H23ClN2O4S. The Kier molecular flexibility index (Phi) is 7.33. The fourth-order valence-corrected chi connectivity index (χ4v) is 4.06. The van der Waals surface area contributed by atoms with E-state index < -0.39 is 10.0 Å². The van der Waals surface area contributed by atoms with Gasteiger partial charge in [0.1, 0.15) is 0 Å². The first kappa shape index (κ1) is 22.8. The molecule has 31 heavy (non-hydrogen) atoms. The van der Waals surface area contributed by atoms with E-state index in [1.54, 1.807) is 61.7 Å². The van der Waals surface area contributed by atoms with Crippen LogP contribution in [0.25, 0.3) is 0 Å². The summed E-state index contributed by atoms with van der Waals surface area (Å²) in [4.78, 5) is 12.6. The van der Waals surface area contributed by atoms with Crippen molar-refractivity contribution in [3.63, 3.8) is 0 Å². The molecule has 6 nitrogen and oxygen atoms in total. The van der Waals surface area contributed by atoms with Crippen molar-refractivity contribution in [1.29, 1.82) is 0 Å². The molecule has 0 aliphatic rings. The standard InChI is InChI=1S/C23H23ClN2O4S/c1-30-16-18-4-3-5-21(14-18)25-23(27)19-8-12-22(13-9-19)26(31(2,28)29)15-17-6-10-20(24)11-7-17/h3-14H,15-16H2,1-2H3,(H,25,27). The van der Waals surface area contributed by atoms with Crippen molar-refractivity contribution >= 4 is 38.9 Å². The number of carbonyl (C=O) groups excluding carboxylic acids is 1. The van der Waals surface area contributed by atoms with E-state index >= 15 is 0 Å². The normalized spacial score (nSPS) is 11.2. The molecule has 0 unspecified atom stereocenters. The minimum atomic E-state index is -3.53. The van der Waals surface area contributed by atoms with Crippen LogP contribution in [-0.2, 0) is 27.9 Å². The number of nitrogens with zero attached hydrogens (tertiary/aromatic N) is 1. The van der Waals surface area contributed by atoms with Crippen LogP contribution in [0.5, 0.6) is 0 Å². The zero-order valence-corrected chi connectivity index (χ0v) is 18.8. The lowest BCUT2D eigenvalue weighted by Gasteiger charge is -2.23. The number of anilines is 2. The Morgan fingerprint density at radius 2 is 1.68 bits per heavy atom. The summed E-state index contributed by atoms with van der Waals surface area (Å²) < 4.78 is 31.1. The summed E-state index contributed by atoms with van der Waals surface area (Å²) in [6, 6.07) is 20.8. The quantitative estimate of drug-likeness (QED) is 0.530. The molecule has 0 fully saturated rings. The second-order valence-corrected chi connectivity index (χ2v) is 9.37. The van der Waals surface area contributed by atoms with Crippen LogP contribution in [0.3, 0.4) is 0 Å². The van der Waals surface area contributed by atoms with Crippen LogP contribution < -0.4 is 9.62 Å². The summed E-state index contributed by atoms with van der Waals surface area (Å²) in [7, 11) is -1.92. The van der Waals surface area contributed by atoms with Crippen LogP contribution >= 0.6 is 11.6 Å². The molecule has 0 saturated heterocycles. The predicted octanol–water partition coefficient (Wildman–Crippen LogP) is 4.70. The van der Waals surface area contributed by atoms with Gasteiger partial charge in [0, 0.05) is 23.4 Å². The van der Waals surface area contributed by atoms with Gasteiger partial charge in [-0.05, 0) is 59.7 Å². The first-order valence-electron chi connectivity index (χ1n) is 9.48. The highest BCUT2D eigenvalue weighted by atomic mass is 35.5. The van der Waals surface area contributed by atoms with Gasteiger partial charge in [0.05, 0.1) is 25.1 Å². The Morgan fingerprint density at radius 3 is 2.29 bits per heavy atom. The van der Waals surface area contributed by atoms with Gasteiger partial charge in [0.25, 0.3) is 5.91 Å². The van der Waals surface area contributed by atoms with Gasteiger partial charge in [-0.2, -0.15) is 0 Å². The molecule has 8 heteroatoms. The van der Waals surface area contributed by atoms with Crippen LogP contribution in [0.2, 0.25) is 5.02 Å². The highest BCUT2D eigenvalue weighted by Crippen LogP contribution is 2.23. The molecule has 0 aliphatic carbocycles. The van der Waals surface area contributed by atoms with Crippen LogP contribution in [-0.4, -0.2) is 27.7 Å². The Labute approximate surface area is 187 Å². The lowest BCUT2D eigenvalue weighted by molar-refractivity contribution is 0.102. The first-order chi connectivity index (χ1) is 14.8. The fourth-order valence-electron chi connectivity index (χ4n) is 3.04. The number of sulfonamides is 1.